The summed E-state index contributed by atoms with van der Waals surface area (Å²) in [4.78, 5) is 16.9. The van der Waals surface area contributed by atoms with Gasteiger partial charge in [0.05, 0.1) is 0 Å². The number of benzene rings is 2. The molecule has 2 aromatic carbocycles. The van der Waals surface area contributed by atoms with Crippen molar-refractivity contribution in [2.45, 2.75) is 31.5 Å². The molecule has 2 aromatic rings. The number of carbonyl (C=O) groups excluding carboxylic acids is 1. The van der Waals surface area contributed by atoms with E-state index in [1.54, 1.807) is 0 Å². The molecule has 2 aliphatic heterocycles. The monoisotopic (exact) mass is 411 g/mol. The van der Waals surface area contributed by atoms with Gasteiger partial charge in [0.2, 0.25) is 0 Å². The van der Waals surface area contributed by atoms with E-state index in [4.69, 9.17) is 4.74 Å². The number of amides is 1. The minimum absolute atomic E-state index is 0.0891. The predicted octanol–water partition coefficient (Wildman–Crippen LogP) is 2.98. The number of piperazine rings is 1. The molecule has 4 rings (SSSR count). The molecule has 2 saturated heterocycles. The van der Waals surface area contributed by atoms with Crippen molar-refractivity contribution in [1.82, 2.24) is 15.1 Å². The first-order chi connectivity index (χ1) is 14.7. The van der Waals surface area contributed by atoms with Gasteiger partial charge in [-0.25, -0.2) is 4.39 Å². The van der Waals surface area contributed by atoms with Crippen molar-refractivity contribution in [3.8, 4) is 0 Å². The molecule has 2 unspecified atom stereocenters. The number of hydrogen-bond acceptors (Lipinski definition) is 4. The Kier molecular flexibility index (Phi) is 7.10. The lowest BCUT2D eigenvalue weighted by Gasteiger charge is -2.37. The maximum atomic E-state index is 13.4. The molecule has 5 nitrogen and oxygen atoms in total. The van der Waals surface area contributed by atoms with E-state index in [9.17, 15) is 9.18 Å². The molecule has 2 aliphatic rings. The summed E-state index contributed by atoms with van der Waals surface area (Å²) in [7, 11) is 0. The fourth-order valence-corrected chi connectivity index (χ4v) is 4.20. The molecule has 0 bridgehead atoms. The Labute approximate surface area is 177 Å². The molecule has 2 fully saturated rings. The minimum atomic E-state index is -0.240. The van der Waals surface area contributed by atoms with Crippen LogP contribution in [-0.2, 0) is 16.1 Å². The van der Waals surface area contributed by atoms with Gasteiger partial charge < -0.3 is 15.0 Å². The molecule has 1 N–H and O–H groups in total. The average molecular weight is 412 g/mol. The van der Waals surface area contributed by atoms with Gasteiger partial charge >= 0.3 is 0 Å². The molecule has 0 aliphatic carbocycles. The zero-order valence-electron chi connectivity index (χ0n) is 17.3. The molecule has 0 radical (unpaired) electrons. The second-order valence-corrected chi connectivity index (χ2v) is 8.10. The Hall–Kier alpha value is -2.28. The molecule has 0 saturated carbocycles. The van der Waals surface area contributed by atoms with Gasteiger partial charge in [-0.1, -0.05) is 42.5 Å². The van der Waals surface area contributed by atoms with Gasteiger partial charge in [0.25, 0.3) is 5.91 Å². The number of rotatable bonds is 7. The van der Waals surface area contributed by atoms with E-state index in [1.807, 2.05) is 35.2 Å². The second kappa shape index (κ2) is 10.2. The van der Waals surface area contributed by atoms with Crippen LogP contribution in [0.5, 0.6) is 0 Å². The first kappa shape index (κ1) is 21.0. The van der Waals surface area contributed by atoms with E-state index in [0.29, 0.717) is 6.61 Å². The largest absolute Gasteiger partial charge is 0.368 e. The quantitative estimate of drug-likeness (QED) is 0.761. The fourth-order valence-electron chi connectivity index (χ4n) is 4.20. The van der Waals surface area contributed by atoms with Crippen LogP contribution in [0.4, 0.5) is 4.39 Å². The van der Waals surface area contributed by atoms with E-state index < -0.39 is 0 Å². The highest BCUT2D eigenvalue weighted by molar-refractivity contribution is 5.81. The first-order valence-corrected chi connectivity index (χ1v) is 10.8. The highest BCUT2D eigenvalue weighted by Crippen LogP contribution is 2.19. The molecular weight excluding hydrogens is 381 g/mol. The lowest BCUT2D eigenvalue weighted by Crippen LogP contribution is -2.52. The third kappa shape index (κ3) is 5.45. The standard InChI is InChI=1S/C24H30FN3O2/c25-21-10-8-20(9-11-21)22(26-17-19-5-2-1-3-6-19)18-27-12-14-28(15-13-27)24(29)23-7-4-16-30-23/h1-3,5-6,8-11,22-23,26H,4,7,12-18H2. The zero-order chi connectivity index (χ0) is 20.8. The van der Waals surface area contributed by atoms with Crippen molar-refractivity contribution in [2.24, 2.45) is 0 Å². The van der Waals surface area contributed by atoms with Gasteiger partial charge in [-0.2, -0.15) is 0 Å². The van der Waals surface area contributed by atoms with Crippen molar-refractivity contribution in [1.29, 1.82) is 0 Å². The predicted molar refractivity (Wildman–Crippen MR) is 114 cm³/mol. The second-order valence-electron chi connectivity index (χ2n) is 8.10. The van der Waals surface area contributed by atoms with Crippen molar-refractivity contribution in [2.75, 3.05) is 39.3 Å². The summed E-state index contributed by atoms with van der Waals surface area (Å²) >= 11 is 0. The van der Waals surface area contributed by atoms with Crippen LogP contribution in [0.25, 0.3) is 0 Å². The third-order valence-corrected chi connectivity index (χ3v) is 6.00. The highest BCUT2D eigenvalue weighted by atomic mass is 19.1. The van der Waals surface area contributed by atoms with Crippen LogP contribution in [0.3, 0.4) is 0 Å². The van der Waals surface area contributed by atoms with Crippen LogP contribution < -0.4 is 5.32 Å². The van der Waals surface area contributed by atoms with Crippen LogP contribution in [0, 0.1) is 5.82 Å². The highest BCUT2D eigenvalue weighted by Gasteiger charge is 2.30. The maximum absolute atomic E-state index is 13.4. The van der Waals surface area contributed by atoms with Gasteiger partial charge in [0.15, 0.2) is 0 Å². The smallest absolute Gasteiger partial charge is 0.251 e. The number of hydrogen-bond donors (Lipinski definition) is 1. The van der Waals surface area contributed by atoms with Gasteiger partial charge in [0.1, 0.15) is 11.9 Å². The molecule has 30 heavy (non-hydrogen) atoms. The van der Waals surface area contributed by atoms with E-state index in [-0.39, 0.29) is 23.9 Å². The summed E-state index contributed by atoms with van der Waals surface area (Å²) in [5, 5.41) is 3.63. The SMILES string of the molecule is O=C(C1CCCO1)N1CCN(CC(NCc2ccccc2)c2ccc(F)cc2)CC1. The summed E-state index contributed by atoms with van der Waals surface area (Å²) in [5.41, 5.74) is 2.29. The topological polar surface area (TPSA) is 44.8 Å². The lowest BCUT2D eigenvalue weighted by atomic mass is 10.0. The number of nitrogens with zero attached hydrogens (tertiary/aromatic N) is 2. The Balaban J connectivity index is 1.35. The van der Waals surface area contributed by atoms with E-state index in [0.717, 1.165) is 57.7 Å². The normalized spacial score (nSPS) is 21.0. The van der Waals surface area contributed by atoms with Crippen molar-refractivity contribution < 1.29 is 13.9 Å². The van der Waals surface area contributed by atoms with Crippen LogP contribution in [-0.4, -0.2) is 61.1 Å². The summed E-state index contributed by atoms with van der Waals surface area (Å²) in [6.07, 6.45) is 1.58. The van der Waals surface area contributed by atoms with Crippen molar-refractivity contribution >= 4 is 5.91 Å². The number of carbonyl (C=O) groups is 1. The van der Waals surface area contributed by atoms with Gasteiger partial charge in [-0.15, -0.1) is 0 Å². The van der Waals surface area contributed by atoms with Crippen LogP contribution in [0.1, 0.15) is 30.0 Å². The zero-order valence-corrected chi connectivity index (χ0v) is 17.3. The average Bonchev–Trinajstić information content (AvgIpc) is 3.33. The summed E-state index contributed by atoms with van der Waals surface area (Å²) < 4.78 is 19.0. The molecule has 0 spiro atoms. The van der Waals surface area contributed by atoms with Crippen LogP contribution >= 0.6 is 0 Å². The van der Waals surface area contributed by atoms with E-state index in [2.05, 4.69) is 22.3 Å². The molecule has 0 aromatic heterocycles. The summed E-state index contributed by atoms with van der Waals surface area (Å²) in [6, 6.07) is 17.1. The number of nitrogens with one attached hydrogen (secondary N) is 1. The molecule has 2 heterocycles. The van der Waals surface area contributed by atoms with E-state index in [1.165, 1.54) is 17.7 Å². The molecule has 6 heteroatoms. The van der Waals surface area contributed by atoms with Gasteiger partial charge in [-0.05, 0) is 36.1 Å². The molecule has 1 amide bonds. The van der Waals surface area contributed by atoms with Gasteiger partial charge in [-0.3, -0.25) is 9.69 Å². The maximum Gasteiger partial charge on any atom is 0.251 e. The Morgan fingerprint density at radius 3 is 2.47 bits per heavy atom. The number of ether oxygens (including phenoxy) is 1. The molecule has 160 valence electrons. The van der Waals surface area contributed by atoms with Gasteiger partial charge in [0, 0.05) is 51.9 Å². The Morgan fingerprint density at radius 2 is 1.80 bits per heavy atom. The lowest BCUT2D eigenvalue weighted by molar-refractivity contribution is -0.142. The molecular formula is C24H30FN3O2. The minimum Gasteiger partial charge on any atom is -0.368 e. The summed E-state index contributed by atoms with van der Waals surface area (Å²) in [5.74, 6) is -0.0775. The number of halogens is 1. The van der Waals surface area contributed by atoms with Crippen LogP contribution in [0.15, 0.2) is 54.6 Å². The first-order valence-electron chi connectivity index (χ1n) is 10.8. The Morgan fingerprint density at radius 1 is 1.07 bits per heavy atom. The van der Waals surface area contributed by atoms with E-state index >= 15 is 0 Å². The summed E-state index contributed by atoms with van der Waals surface area (Å²) in [6.45, 7) is 5.40. The van der Waals surface area contributed by atoms with Crippen molar-refractivity contribution in [3.05, 3.63) is 71.5 Å². The molecule has 2 atom stereocenters. The van der Waals surface area contributed by atoms with Crippen LogP contribution in [0.2, 0.25) is 0 Å². The Bertz CT molecular complexity index is 801. The van der Waals surface area contributed by atoms with Crippen molar-refractivity contribution in [3.63, 3.8) is 0 Å². The third-order valence-electron chi connectivity index (χ3n) is 6.00. The fraction of sp³-hybridized carbons (Fsp3) is 0.458.